The molecule has 0 spiro atoms. The first-order chi connectivity index (χ1) is 10.1. The summed E-state index contributed by atoms with van der Waals surface area (Å²) < 4.78 is 6.85. The van der Waals surface area contributed by atoms with Gasteiger partial charge in [-0.25, -0.2) is 0 Å². The highest BCUT2D eigenvalue weighted by atomic mass is 35.5. The van der Waals surface area contributed by atoms with E-state index in [4.69, 9.17) is 27.9 Å². The Labute approximate surface area is 131 Å². The Morgan fingerprint density at radius 3 is 2.71 bits per heavy atom. The van der Waals surface area contributed by atoms with Crippen LogP contribution in [0.4, 0.5) is 0 Å². The normalized spacial score (nSPS) is 11.0. The third kappa shape index (κ3) is 2.64. The predicted octanol–water partition coefficient (Wildman–Crippen LogP) is 4.11. The van der Waals surface area contributed by atoms with Crippen molar-refractivity contribution < 1.29 is 9.84 Å². The molecule has 1 aromatic heterocycles. The number of fused-ring (bicyclic) bond motifs is 1. The van der Waals surface area contributed by atoms with Crippen LogP contribution in [-0.4, -0.2) is 22.0 Å². The monoisotopic (exact) mass is 322 g/mol. The van der Waals surface area contributed by atoms with Crippen LogP contribution in [0.5, 0.6) is 11.6 Å². The Morgan fingerprint density at radius 2 is 2.00 bits per heavy atom. The number of rotatable bonds is 3. The molecule has 4 nitrogen and oxygen atoms in total. The van der Waals surface area contributed by atoms with E-state index in [9.17, 15) is 5.11 Å². The summed E-state index contributed by atoms with van der Waals surface area (Å²) in [7, 11) is 1.58. The fourth-order valence-electron chi connectivity index (χ4n) is 2.20. The van der Waals surface area contributed by atoms with Gasteiger partial charge in [-0.05, 0) is 35.9 Å². The lowest BCUT2D eigenvalue weighted by molar-refractivity contribution is 0.415. The number of ether oxygens (including phenoxy) is 1. The molecule has 0 saturated carbocycles. The van der Waals surface area contributed by atoms with Crippen molar-refractivity contribution in [3.63, 3.8) is 0 Å². The van der Waals surface area contributed by atoms with Gasteiger partial charge in [0.05, 0.1) is 24.6 Å². The van der Waals surface area contributed by atoms with Crippen molar-refractivity contribution in [2.45, 2.75) is 6.54 Å². The topological polar surface area (TPSA) is 47.3 Å². The number of hydrogen-bond acceptors (Lipinski definition) is 3. The lowest BCUT2D eigenvalue weighted by Gasteiger charge is -2.06. The first-order valence-corrected chi connectivity index (χ1v) is 7.01. The Morgan fingerprint density at radius 1 is 1.19 bits per heavy atom. The van der Waals surface area contributed by atoms with Gasteiger partial charge in [0.1, 0.15) is 5.75 Å². The second-order valence-electron chi connectivity index (χ2n) is 4.60. The van der Waals surface area contributed by atoms with Gasteiger partial charge in [-0.3, -0.25) is 4.68 Å². The molecule has 3 aromatic rings. The summed E-state index contributed by atoms with van der Waals surface area (Å²) in [5.74, 6) is 0.635. The van der Waals surface area contributed by atoms with Crippen LogP contribution < -0.4 is 4.74 Å². The van der Waals surface area contributed by atoms with E-state index in [2.05, 4.69) is 5.10 Å². The Kier molecular flexibility index (Phi) is 3.66. The van der Waals surface area contributed by atoms with E-state index < -0.39 is 0 Å². The Balaban J connectivity index is 2.05. The Hall–Kier alpha value is -1.91. The molecule has 0 unspecified atom stereocenters. The van der Waals surface area contributed by atoms with Gasteiger partial charge in [0.2, 0.25) is 5.88 Å². The highest BCUT2D eigenvalue weighted by molar-refractivity contribution is 6.35. The second-order valence-corrected chi connectivity index (χ2v) is 5.44. The molecule has 1 heterocycles. The number of benzene rings is 2. The van der Waals surface area contributed by atoms with Crippen molar-refractivity contribution in [3.8, 4) is 11.6 Å². The van der Waals surface area contributed by atoms with Crippen LogP contribution in [0, 0.1) is 0 Å². The molecule has 1 N–H and O–H groups in total. The van der Waals surface area contributed by atoms with Crippen molar-refractivity contribution >= 4 is 34.1 Å². The molecule has 3 rings (SSSR count). The van der Waals surface area contributed by atoms with Crippen molar-refractivity contribution in [1.29, 1.82) is 0 Å². The lowest BCUT2D eigenvalue weighted by atomic mass is 10.2. The van der Waals surface area contributed by atoms with Crippen molar-refractivity contribution in [2.75, 3.05) is 7.11 Å². The predicted molar refractivity (Wildman–Crippen MR) is 83.5 cm³/mol. The molecular formula is C15H12Cl2N2O2. The van der Waals surface area contributed by atoms with Gasteiger partial charge in [0.15, 0.2) is 0 Å². The van der Waals surface area contributed by atoms with E-state index in [-0.39, 0.29) is 5.88 Å². The quantitative estimate of drug-likeness (QED) is 0.789. The molecule has 21 heavy (non-hydrogen) atoms. The summed E-state index contributed by atoms with van der Waals surface area (Å²) >= 11 is 12.1. The standard InChI is InChI=1S/C15H12Cl2N2O2/c1-21-11-4-5-14-12(7-11)15(20)18-19(14)8-9-2-3-10(16)6-13(9)17/h2-7H,8H2,1H3,(H,18,20). The molecule has 0 bridgehead atoms. The molecule has 108 valence electrons. The van der Waals surface area contributed by atoms with Crippen LogP contribution >= 0.6 is 23.2 Å². The zero-order valence-electron chi connectivity index (χ0n) is 11.2. The van der Waals surface area contributed by atoms with Gasteiger partial charge >= 0.3 is 0 Å². The Bertz CT molecular complexity index is 815. The second kappa shape index (κ2) is 5.47. The van der Waals surface area contributed by atoms with Crippen LogP contribution in [-0.2, 0) is 6.54 Å². The van der Waals surface area contributed by atoms with Crippen LogP contribution in [0.15, 0.2) is 36.4 Å². The highest BCUT2D eigenvalue weighted by Gasteiger charge is 2.12. The number of methoxy groups -OCH3 is 1. The van der Waals surface area contributed by atoms with Gasteiger partial charge in [0, 0.05) is 10.0 Å². The smallest absolute Gasteiger partial charge is 0.238 e. The highest BCUT2D eigenvalue weighted by Crippen LogP contribution is 2.29. The molecule has 0 atom stereocenters. The van der Waals surface area contributed by atoms with Crippen LogP contribution in [0.2, 0.25) is 10.0 Å². The average molecular weight is 323 g/mol. The minimum atomic E-state index is -0.0333. The van der Waals surface area contributed by atoms with Crippen LogP contribution in [0.25, 0.3) is 10.9 Å². The summed E-state index contributed by atoms with van der Waals surface area (Å²) in [5.41, 5.74) is 1.68. The molecule has 0 aliphatic heterocycles. The zero-order chi connectivity index (χ0) is 15.0. The van der Waals surface area contributed by atoms with E-state index in [1.807, 2.05) is 18.2 Å². The SMILES string of the molecule is COc1ccc2c(c1)c(O)nn2Cc1ccc(Cl)cc1Cl. The molecule has 0 aliphatic carbocycles. The maximum Gasteiger partial charge on any atom is 0.238 e. The summed E-state index contributed by atoms with van der Waals surface area (Å²) in [6.45, 7) is 0.444. The van der Waals surface area contributed by atoms with E-state index in [0.29, 0.717) is 27.7 Å². The first-order valence-electron chi connectivity index (χ1n) is 6.26. The van der Waals surface area contributed by atoms with Gasteiger partial charge in [-0.2, -0.15) is 0 Å². The van der Waals surface area contributed by atoms with E-state index in [1.165, 1.54) is 0 Å². The van der Waals surface area contributed by atoms with Gasteiger partial charge in [-0.1, -0.05) is 29.3 Å². The maximum atomic E-state index is 9.96. The number of halogens is 2. The first kappa shape index (κ1) is 14.0. The molecule has 2 aromatic carbocycles. The van der Waals surface area contributed by atoms with Crippen molar-refractivity contribution in [2.24, 2.45) is 0 Å². The summed E-state index contributed by atoms with van der Waals surface area (Å²) in [5, 5.41) is 15.9. The van der Waals surface area contributed by atoms with E-state index in [1.54, 1.807) is 30.0 Å². The van der Waals surface area contributed by atoms with Crippen LogP contribution in [0.1, 0.15) is 5.56 Å². The largest absolute Gasteiger partial charge is 0.497 e. The number of hydrogen-bond donors (Lipinski definition) is 1. The van der Waals surface area contributed by atoms with E-state index >= 15 is 0 Å². The van der Waals surface area contributed by atoms with Crippen molar-refractivity contribution in [3.05, 3.63) is 52.0 Å². The summed E-state index contributed by atoms with van der Waals surface area (Å²) in [4.78, 5) is 0. The molecular weight excluding hydrogens is 311 g/mol. The molecule has 0 radical (unpaired) electrons. The molecule has 0 fully saturated rings. The third-order valence-corrected chi connectivity index (χ3v) is 3.86. The molecule has 0 aliphatic rings. The number of nitrogens with zero attached hydrogens (tertiary/aromatic N) is 2. The zero-order valence-corrected chi connectivity index (χ0v) is 12.7. The van der Waals surface area contributed by atoms with Crippen LogP contribution in [0.3, 0.4) is 0 Å². The molecule has 0 amide bonds. The third-order valence-electron chi connectivity index (χ3n) is 3.27. The van der Waals surface area contributed by atoms with Gasteiger partial charge < -0.3 is 9.84 Å². The minimum Gasteiger partial charge on any atom is -0.497 e. The number of aromatic hydroxyl groups is 1. The summed E-state index contributed by atoms with van der Waals surface area (Å²) in [6.07, 6.45) is 0. The molecule has 0 saturated heterocycles. The number of aromatic nitrogens is 2. The van der Waals surface area contributed by atoms with E-state index in [0.717, 1.165) is 11.1 Å². The fraction of sp³-hybridized carbons (Fsp3) is 0.133. The minimum absolute atomic E-state index is 0.0333. The summed E-state index contributed by atoms with van der Waals surface area (Å²) in [6, 6.07) is 10.7. The maximum absolute atomic E-state index is 9.96. The van der Waals surface area contributed by atoms with Crippen molar-refractivity contribution in [1.82, 2.24) is 9.78 Å². The average Bonchev–Trinajstić information content (AvgIpc) is 2.78. The lowest BCUT2D eigenvalue weighted by Crippen LogP contribution is -2.02. The van der Waals surface area contributed by atoms with Gasteiger partial charge in [0.25, 0.3) is 0 Å². The fourth-order valence-corrected chi connectivity index (χ4v) is 2.67. The molecule has 6 heteroatoms. The van der Waals surface area contributed by atoms with Gasteiger partial charge in [-0.15, -0.1) is 5.10 Å².